The number of carbonyl (C=O) groups is 4. The summed E-state index contributed by atoms with van der Waals surface area (Å²) in [5.74, 6) is -5.07. The number of hydrogen-bond donors (Lipinski definition) is 2. The molecule has 1 heterocycles. The molecule has 1 aliphatic heterocycles. The minimum Gasteiger partial charge on any atom is -0.481 e. The maximum atomic E-state index is 13.4. The monoisotopic (exact) mass is 475 g/mol. The van der Waals surface area contributed by atoms with Gasteiger partial charge in [-0.3, -0.25) is 14.4 Å². The van der Waals surface area contributed by atoms with Gasteiger partial charge in [0.05, 0.1) is 5.41 Å². The van der Waals surface area contributed by atoms with Crippen molar-refractivity contribution in [3.05, 3.63) is 58.7 Å². The van der Waals surface area contributed by atoms with Gasteiger partial charge in [-0.2, -0.15) is 0 Å². The largest absolute Gasteiger partial charge is 0.481 e. The van der Waals surface area contributed by atoms with Crippen LogP contribution in [0.3, 0.4) is 0 Å². The molecule has 1 aliphatic carbocycles. The van der Waals surface area contributed by atoms with Crippen molar-refractivity contribution < 1.29 is 38.2 Å². The van der Waals surface area contributed by atoms with E-state index in [0.717, 1.165) is 12.1 Å². The summed E-state index contributed by atoms with van der Waals surface area (Å²) in [6.45, 7) is 2.24. The number of carboxylic acids is 2. The standard InChI is InChI=1S/C25H27F2NO6/c1-25(24(33)34)14-17(23(31)32)5-7-18(25)3-2-4-21(29)28-11-9-15(10-12-28)22(30)16-6-8-19(26)20(27)13-16/h5-8,13,15H,2-4,9-12,14H2,1H3,(H,31,32)(H,33,34). The van der Waals surface area contributed by atoms with Crippen molar-refractivity contribution >= 4 is 23.6 Å². The highest BCUT2D eigenvalue weighted by Gasteiger charge is 2.40. The van der Waals surface area contributed by atoms with Crippen LogP contribution in [0.5, 0.6) is 0 Å². The van der Waals surface area contributed by atoms with Gasteiger partial charge in [-0.05, 0) is 57.2 Å². The van der Waals surface area contributed by atoms with Crippen LogP contribution in [-0.2, 0) is 14.4 Å². The Kier molecular flexibility index (Phi) is 7.64. The van der Waals surface area contributed by atoms with Gasteiger partial charge in [-0.25, -0.2) is 13.6 Å². The molecule has 1 aromatic rings. The number of carboxylic acid groups (broad SMARTS) is 2. The third-order valence-corrected chi connectivity index (χ3v) is 6.74. The van der Waals surface area contributed by atoms with Gasteiger partial charge in [0, 0.05) is 36.6 Å². The van der Waals surface area contributed by atoms with Crippen LogP contribution in [-0.4, -0.2) is 51.8 Å². The number of carbonyl (C=O) groups excluding carboxylic acids is 2. The molecule has 0 aromatic heterocycles. The van der Waals surface area contributed by atoms with E-state index < -0.39 is 29.0 Å². The molecule has 0 spiro atoms. The van der Waals surface area contributed by atoms with E-state index in [2.05, 4.69) is 0 Å². The smallest absolute Gasteiger partial charge is 0.331 e. The van der Waals surface area contributed by atoms with E-state index in [1.807, 2.05) is 0 Å². The van der Waals surface area contributed by atoms with Crippen LogP contribution < -0.4 is 0 Å². The summed E-state index contributed by atoms with van der Waals surface area (Å²) in [6, 6.07) is 3.09. The molecular formula is C25H27F2NO6. The topological polar surface area (TPSA) is 112 Å². The molecule has 1 saturated heterocycles. The predicted molar refractivity (Wildman–Crippen MR) is 118 cm³/mol. The number of amides is 1. The average molecular weight is 475 g/mol. The molecule has 182 valence electrons. The number of ketones is 1. The first-order valence-electron chi connectivity index (χ1n) is 11.2. The minimum absolute atomic E-state index is 0.0329. The van der Waals surface area contributed by atoms with E-state index in [1.165, 1.54) is 25.1 Å². The van der Waals surface area contributed by atoms with Crippen LogP contribution in [0.4, 0.5) is 8.78 Å². The second-order valence-corrected chi connectivity index (χ2v) is 9.00. The summed E-state index contributed by atoms with van der Waals surface area (Å²) in [7, 11) is 0. The Morgan fingerprint density at radius 2 is 1.74 bits per heavy atom. The lowest BCUT2D eigenvalue weighted by atomic mass is 9.72. The lowest BCUT2D eigenvalue weighted by molar-refractivity contribution is -0.146. The Labute approximate surface area is 195 Å². The normalized spacial score (nSPS) is 21.0. The number of allylic oxidation sites excluding steroid dienone is 2. The Hall–Kier alpha value is -3.36. The number of nitrogens with zero attached hydrogens (tertiary/aromatic N) is 1. The Bertz CT molecular complexity index is 1070. The zero-order valence-corrected chi connectivity index (χ0v) is 18.9. The second kappa shape index (κ2) is 10.3. The first kappa shape index (κ1) is 25.3. The molecule has 7 nitrogen and oxygen atoms in total. The molecule has 34 heavy (non-hydrogen) atoms. The van der Waals surface area contributed by atoms with E-state index in [-0.39, 0.29) is 41.6 Å². The summed E-state index contributed by atoms with van der Waals surface area (Å²) in [6.07, 6.45) is 4.64. The first-order chi connectivity index (χ1) is 16.0. The van der Waals surface area contributed by atoms with Gasteiger partial charge in [-0.1, -0.05) is 17.7 Å². The third kappa shape index (κ3) is 5.40. The van der Waals surface area contributed by atoms with Gasteiger partial charge >= 0.3 is 11.9 Å². The molecule has 0 bridgehead atoms. The molecule has 1 fully saturated rings. The second-order valence-electron chi connectivity index (χ2n) is 9.00. The molecule has 0 saturated carbocycles. The van der Waals surface area contributed by atoms with Crippen molar-refractivity contribution in [1.29, 1.82) is 0 Å². The summed E-state index contributed by atoms with van der Waals surface area (Å²) >= 11 is 0. The highest BCUT2D eigenvalue weighted by atomic mass is 19.2. The fraction of sp³-hybridized carbons (Fsp3) is 0.440. The number of rotatable bonds is 8. The number of benzene rings is 1. The van der Waals surface area contributed by atoms with Gasteiger partial charge in [0.15, 0.2) is 17.4 Å². The fourth-order valence-electron chi connectivity index (χ4n) is 4.52. The lowest BCUT2D eigenvalue weighted by Crippen LogP contribution is -2.40. The van der Waals surface area contributed by atoms with Crippen LogP contribution in [0.15, 0.2) is 41.5 Å². The molecule has 1 unspecified atom stereocenters. The molecule has 2 N–H and O–H groups in total. The van der Waals surface area contributed by atoms with Gasteiger partial charge in [0.1, 0.15) is 0 Å². The zero-order valence-electron chi connectivity index (χ0n) is 18.9. The van der Waals surface area contributed by atoms with Gasteiger partial charge in [0.25, 0.3) is 0 Å². The molecule has 1 atom stereocenters. The van der Waals surface area contributed by atoms with Crippen molar-refractivity contribution in [2.45, 2.75) is 45.4 Å². The van der Waals surface area contributed by atoms with Crippen LogP contribution in [0.25, 0.3) is 0 Å². The number of Topliss-reactive ketones (excluding diaryl/α,β-unsaturated/α-hetero) is 1. The zero-order chi connectivity index (χ0) is 25.0. The molecule has 3 rings (SSSR count). The quantitative estimate of drug-likeness (QED) is 0.550. The highest BCUT2D eigenvalue weighted by Crippen LogP contribution is 2.40. The number of piperidine rings is 1. The maximum absolute atomic E-state index is 13.4. The van der Waals surface area contributed by atoms with E-state index in [4.69, 9.17) is 0 Å². The summed E-state index contributed by atoms with van der Waals surface area (Å²) in [5, 5.41) is 18.8. The molecule has 1 aromatic carbocycles. The van der Waals surface area contributed by atoms with E-state index in [0.29, 0.717) is 44.3 Å². The minimum atomic E-state index is -1.33. The van der Waals surface area contributed by atoms with Crippen molar-refractivity contribution in [2.24, 2.45) is 11.3 Å². The van der Waals surface area contributed by atoms with E-state index in [9.17, 15) is 38.2 Å². The van der Waals surface area contributed by atoms with Gasteiger partial charge < -0.3 is 15.1 Å². The summed E-state index contributed by atoms with van der Waals surface area (Å²) in [4.78, 5) is 49.9. The van der Waals surface area contributed by atoms with Crippen molar-refractivity contribution in [3.63, 3.8) is 0 Å². The first-order valence-corrected chi connectivity index (χ1v) is 11.2. The molecule has 1 amide bonds. The van der Waals surface area contributed by atoms with Crippen LogP contribution in [0.2, 0.25) is 0 Å². The van der Waals surface area contributed by atoms with Crippen LogP contribution in [0, 0.1) is 23.0 Å². The lowest BCUT2D eigenvalue weighted by Gasteiger charge is -2.32. The maximum Gasteiger partial charge on any atom is 0.331 e. The Morgan fingerprint density at radius 3 is 2.32 bits per heavy atom. The summed E-state index contributed by atoms with van der Waals surface area (Å²) in [5.41, 5.74) is -0.602. The number of halogens is 2. The van der Waals surface area contributed by atoms with E-state index >= 15 is 0 Å². The third-order valence-electron chi connectivity index (χ3n) is 6.74. The van der Waals surface area contributed by atoms with Crippen LogP contribution >= 0.6 is 0 Å². The van der Waals surface area contributed by atoms with Crippen molar-refractivity contribution in [3.8, 4) is 0 Å². The Morgan fingerprint density at radius 1 is 1.06 bits per heavy atom. The molecule has 0 radical (unpaired) electrons. The number of aliphatic carboxylic acids is 2. The Balaban J connectivity index is 1.51. The molecular weight excluding hydrogens is 448 g/mol. The number of likely N-dealkylation sites (tertiary alicyclic amines) is 1. The number of hydrogen-bond acceptors (Lipinski definition) is 4. The van der Waals surface area contributed by atoms with Gasteiger partial charge in [0.2, 0.25) is 5.91 Å². The van der Waals surface area contributed by atoms with Crippen molar-refractivity contribution in [1.82, 2.24) is 4.90 Å². The van der Waals surface area contributed by atoms with E-state index in [1.54, 1.807) is 4.90 Å². The molecule has 9 heteroatoms. The van der Waals surface area contributed by atoms with Gasteiger partial charge in [-0.15, -0.1) is 0 Å². The fourth-order valence-corrected chi connectivity index (χ4v) is 4.52. The van der Waals surface area contributed by atoms with Crippen LogP contribution in [0.1, 0.15) is 55.8 Å². The highest BCUT2D eigenvalue weighted by molar-refractivity contribution is 5.98. The predicted octanol–water partition coefficient (Wildman–Crippen LogP) is 3.99. The SMILES string of the molecule is CC1(C(=O)O)CC(C(=O)O)=CC=C1CCCC(=O)N1CCC(C(=O)c2ccc(F)c(F)c2)CC1. The molecule has 2 aliphatic rings. The van der Waals surface area contributed by atoms with Crippen molar-refractivity contribution in [2.75, 3.05) is 13.1 Å². The average Bonchev–Trinajstić information content (AvgIpc) is 2.81. The summed E-state index contributed by atoms with van der Waals surface area (Å²) < 4.78 is 26.5.